The minimum absolute atomic E-state index is 0.0112. The Labute approximate surface area is 156 Å². The molecule has 1 aromatic heterocycles. The van der Waals surface area contributed by atoms with Crippen LogP contribution in [0.25, 0.3) is 10.4 Å². The second-order valence-electron chi connectivity index (χ2n) is 6.25. The molecule has 0 aliphatic carbocycles. The monoisotopic (exact) mass is 362 g/mol. The highest BCUT2D eigenvalue weighted by Gasteiger charge is 2.35. The van der Waals surface area contributed by atoms with Crippen molar-refractivity contribution >= 4 is 34.5 Å². The Kier molecular flexibility index (Phi) is 4.54. The zero-order chi connectivity index (χ0) is 17.9. The molecule has 1 atom stereocenters. The zero-order valence-electron chi connectivity index (χ0n) is 14.1. The lowest BCUT2D eigenvalue weighted by atomic mass is 10.1. The van der Waals surface area contributed by atoms with Gasteiger partial charge in [-0.2, -0.15) is 0 Å². The smallest absolute Gasteiger partial charge is 0.229 e. The van der Waals surface area contributed by atoms with Gasteiger partial charge in [-0.05, 0) is 29.6 Å². The molecule has 26 heavy (non-hydrogen) atoms. The van der Waals surface area contributed by atoms with Crippen LogP contribution in [0.1, 0.15) is 6.42 Å². The highest BCUT2D eigenvalue weighted by Crippen LogP contribution is 2.32. The molecule has 130 valence electrons. The predicted octanol–water partition coefficient (Wildman–Crippen LogP) is 4.41. The molecule has 2 heterocycles. The molecule has 1 saturated heterocycles. The van der Waals surface area contributed by atoms with E-state index in [1.54, 1.807) is 16.2 Å². The van der Waals surface area contributed by atoms with Gasteiger partial charge in [0.25, 0.3) is 0 Å². The lowest BCUT2D eigenvalue weighted by Gasteiger charge is -2.17. The van der Waals surface area contributed by atoms with Crippen molar-refractivity contribution in [1.82, 2.24) is 0 Å². The fraction of sp³-hybridized carbons (Fsp3) is 0.143. The Hall–Kier alpha value is -2.92. The summed E-state index contributed by atoms with van der Waals surface area (Å²) in [7, 11) is 0. The number of anilines is 2. The number of nitrogens with one attached hydrogen (secondary N) is 1. The minimum atomic E-state index is -0.348. The maximum atomic E-state index is 12.8. The van der Waals surface area contributed by atoms with Crippen molar-refractivity contribution in [1.29, 1.82) is 0 Å². The van der Waals surface area contributed by atoms with Gasteiger partial charge < -0.3 is 10.2 Å². The van der Waals surface area contributed by atoms with Crippen molar-refractivity contribution in [2.45, 2.75) is 6.42 Å². The number of thiophene rings is 1. The fourth-order valence-corrected chi connectivity index (χ4v) is 3.98. The van der Waals surface area contributed by atoms with Gasteiger partial charge in [-0.25, -0.2) is 0 Å². The number of hydrogen-bond acceptors (Lipinski definition) is 3. The summed E-state index contributed by atoms with van der Waals surface area (Å²) < 4.78 is 0. The van der Waals surface area contributed by atoms with Gasteiger partial charge in [0.1, 0.15) is 0 Å². The van der Waals surface area contributed by atoms with Crippen LogP contribution in [0.3, 0.4) is 0 Å². The Morgan fingerprint density at radius 3 is 2.54 bits per heavy atom. The van der Waals surface area contributed by atoms with Crippen LogP contribution < -0.4 is 10.2 Å². The molecule has 0 bridgehead atoms. The van der Waals surface area contributed by atoms with E-state index >= 15 is 0 Å². The molecule has 1 N–H and O–H groups in total. The normalized spacial score (nSPS) is 16.7. The van der Waals surface area contributed by atoms with Crippen LogP contribution in [0.5, 0.6) is 0 Å². The van der Waals surface area contributed by atoms with E-state index in [9.17, 15) is 9.59 Å². The Morgan fingerprint density at radius 2 is 1.77 bits per heavy atom. The van der Waals surface area contributed by atoms with E-state index in [0.29, 0.717) is 6.54 Å². The lowest BCUT2D eigenvalue weighted by molar-refractivity contribution is -0.122. The molecule has 5 heteroatoms. The maximum Gasteiger partial charge on any atom is 0.229 e. The number of hydrogen-bond donors (Lipinski definition) is 1. The first-order valence-corrected chi connectivity index (χ1v) is 9.39. The van der Waals surface area contributed by atoms with Crippen LogP contribution in [0.2, 0.25) is 0 Å². The van der Waals surface area contributed by atoms with Gasteiger partial charge in [-0.3, -0.25) is 9.59 Å². The number of amides is 2. The van der Waals surface area contributed by atoms with Crippen LogP contribution in [0.15, 0.2) is 72.1 Å². The van der Waals surface area contributed by atoms with Crippen LogP contribution >= 0.6 is 11.3 Å². The molecule has 0 saturated carbocycles. The first-order chi connectivity index (χ1) is 12.7. The topological polar surface area (TPSA) is 49.4 Å². The van der Waals surface area contributed by atoms with E-state index in [4.69, 9.17) is 0 Å². The lowest BCUT2D eigenvalue weighted by Crippen LogP contribution is -2.28. The van der Waals surface area contributed by atoms with Gasteiger partial charge in [0.2, 0.25) is 11.8 Å². The summed E-state index contributed by atoms with van der Waals surface area (Å²) in [5, 5.41) is 5.04. The van der Waals surface area contributed by atoms with Crippen molar-refractivity contribution in [2.75, 3.05) is 16.8 Å². The van der Waals surface area contributed by atoms with E-state index in [-0.39, 0.29) is 24.2 Å². The molecular weight excluding hydrogens is 344 g/mol. The molecule has 1 fully saturated rings. The van der Waals surface area contributed by atoms with Gasteiger partial charge in [-0.1, -0.05) is 42.5 Å². The van der Waals surface area contributed by atoms with Crippen molar-refractivity contribution in [3.8, 4) is 10.4 Å². The summed E-state index contributed by atoms with van der Waals surface area (Å²) in [4.78, 5) is 27.9. The highest BCUT2D eigenvalue weighted by atomic mass is 32.1. The van der Waals surface area contributed by atoms with Crippen LogP contribution in [0, 0.1) is 5.92 Å². The third kappa shape index (κ3) is 3.26. The van der Waals surface area contributed by atoms with Crippen molar-refractivity contribution in [2.24, 2.45) is 5.92 Å². The molecule has 0 unspecified atom stereocenters. The molecule has 2 amide bonds. The highest BCUT2D eigenvalue weighted by molar-refractivity contribution is 7.13. The molecular formula is C21H18N2O2S. The van der Waals surface area contributed by atoms with Gasteiger partial charge >= 0.3 is 0 Å². The second-order valence-corrected chi connectivity index (χ2v) is 7.20. The molecule has 2 aromatic carbocycles. The van der Waals surface area contributed by atoms with E-state index in [0.717, 1.165) is 21.8 Å². The van der Waals surface area contributed by atoms with Gasteiger partial charge in [0.05, 0.1) is 5.92 Å². The molecule has 4 rings (SSSR count). The average molecular weight is 362 g/mol. The number of nitrogens with zero attached hydrogens (tertiary/aromatic N) is 1. The molecule has 0 radical (unpaired) electrons. The van der Waals surface area contributed by atoms with E-state index in [2.05, 4.69) is 5.32 Å². The summed E-state index contributed by atoms with van der Waals surface area (Å²) in [5.41, 5.74) is 2.62. The van der Waals surface area contributed by atoms with Gasteiger partial charge in [0.15, 0.2) is 0 Å². The van der Waals surface area contributed by atoms with Crippen molar-refractivity contribution in [3.05, 3.63) is 72.1 Å². The predicted molar refractivity (Wildman–Crippen MR) is 105 cm³/mol. The van der Waals surface area contributed by atoms with Crippen LogP contribution in [-0.4, -0.2) is 18.4 Å². The molecule has 1 aliphatic rings. The average Bonchev–Trinajstić information content (AvgIpc) is 3.33. The van der Waals surface area contributed by atoms with Gasteiger partial charge in [-0.15, -0.1) is 11.3 Å². The molecule has 3 aromatic rings. The Bertz CT molecular complexity index is 922. The first kappa shape index (κ1) is 16.5. The third-order valence-corrected chi connectivity index (χ3v) is 5.44. The van der Waals surface area contributed by atoms with E-state index < -0.39 is 0 Å². The number of carbonyl (C=O) groups is 2. The van der Waals surface area contributed by atoms with Crippen LogP contribution in [0.4, 0.5) is 11.4 Å². The zero-order valence-corrected chi connectivity index (χ0v) is 14.9. The van der Waals surface area contributed by atoms with Crippen LogP contribution in [-0.2, 0) is 9.59 Å². The summed E-state index contributed by atoms with van der Waals surface area (Å²) in [6, 6.07) is 21.3. The Morgan fingerprint density at radius 1 is 1.00 bits per heavy atom. The summed E-state index contributed by atoms with van der Waals surface area (Å²) in [6.45, 7) is 0.413. The number of benzene rings is 2. The Balaban J connectivity index is 1.51. The van der Waals surface area contributed by atoms with Crippen molar-refractivity contribution < 1.29 is 9.59 Å². The minimum Gasteiger partial charge on any atom is -0.325 e. The summed E-state index contributed by atoms with van der Waals surface area (Å²) in [5.74, 6) is -0.470. The fourth-order valence-electron chi connectivity index (χ4n) is 3.21. The van der Waals surface area contributed by atoms with E-state index in [1.165, 1.54) is 0 Å². The SMILES string of the molecule is O=C(Nc1ccccc1-c1cccs1)[C@H]1CC(=O)N(c2ccccc2)C1. The van der Waals surface area contributed by atoms with Gasteiger partial charge in [0, 0.05) is 34.8 Å². The number of rotatable bonds is 4. The largest absolute Gasteiger partial charge is 0.325 e. The molecule has 0 spiro atoms. The molecule has 1 aliphatic heterocycles. The maximum absolute atomic E-state index is 12.8. The van der Waals surface area contributed by atoms with E-state index in [1.807, 2.05) is 72.1 Å². The van der Waals surface area contributed by atoms with Crippen molar-refractivity contribution in [3.63, 3.8) is 0 Å². The summed E-state index contributed by atoms with van der Waals surface area (Å²) in [6.07, 6.45) is 0.238. The third-order valence-electron chi connectivity index (χ3n) is 4.54. The quantitative estimate of drug-likeness (QED) is 0.747. The molecule has 4 nitrogen and oxygen atoms in total. The number of carbonyl (C=O) groups excluding carboxylic acids is 2. The number of para-hydroxylation sites is 2. The standard InChI is InChI=1S/C21H18N2O2S/c24-20-13-15(14-23(20)16-7-2-1-3-8-16)21(25)22-18-10-5-4-9-17(18)19-11-6-12-26-19/h1-12,15H,13-14H2,(H,22,25)/t15-/m0/s1. The summed E-state index contributed by atoms with van der Waals surface area (Å²) >= 11 is 1.63. The second kappa shape index (κ2) is 7.14. The first-order valence-electron chi connectivity index (χ1n) is 8.51.